The summed E-state index contributed by atoms with van der Waals surface area (Å²) in [5.41, 5.74) is 0.523. The molecule has 0 aromatic heterocycles. The van der Waals surface area contributed by atoms with Gasteiger partial charge in [-0.25, -0.2) is 9.18 Å². The standard InChI is InChI=1S/C13H14FIN2O3/c14-9-3-4-11(10(15)6-9)16-13(20)17-5-1-2-8(7-17)12(18)19/h3-4,6,8H,1-2,5,7H2,(H,16,20)(H,18,19)/t8-/m1/s1. The van der Waals surface area contributed by atoms with Gasteiger partial charge in [-0.2, -0.15) is 0 Å². The Kier molecular flexibility index (Phi) is 4.79. The van der Waals surface area contributed by atoms with Gasteiger partial charge in [-0.1, -0.05) is 0 Å². The molecule has 1 heterocycles. The van der Waals surface area contributed by atoms with Crippen molar-refractivity contribution in [3.63, 3.8) is 0 Å². The number of hydrogen-bond donors (Lipinski definition) is 2. The monoisotopic (exact) mass is 392 g/mol. The van der Waals surface area contributed by atoms with Crippen molar-refractivity contribution in [3.05, 3.63) is 27.6 Å². The van der Waals surface area contributed by atoms with Crippen LogP contribution < -0.4 is 5.32 Å². The summed E-state index contributed by atoms with van der Waals surface area (Å²) >= 11 is 1.94. The zero-order valence-corrected chi connectivity index (χ0v) is 12.8. The zero-order chi connectivity index (χ0) is 14.7. The second-order valence-electron chi connectivity index (χ2n) is 4.68. The number of hydrogen-bond acceptors (Lipinski definition) is 2. The average Bonchev–Trinajstić information content (AvgIpc) is 2.42. The summed E-state index contributed by atoms with van der Waals surface area (Å²) in [5, 5.41) is 11.7. The van der Waals surface area contributed by atoms with Crippen molar-refractivity contribution in [1.29, 1.82) is 0 Å². The third-order valence-electron chi connectivity index (χ3n) is 3.23. The van der Waals surface area contributed by atoms with Crippen LogP contribution in [0.25, 0.3) is 0 Å². The smallest absolute Gasteiger partial charge is 0.321 e. The highest BCUT2D eigenvalue weighted by Gasteiger charge is 2.28. The number of nitrogens with one attached hydrogen (secondary N) is 1. The van der Waals surface area contributed by atoms with Crippen molar-refractivity contribution in [3.8, 4) is 0 Å². The summed E-state index contributed by atoms with van der Waals surface area (Å²) in [6.45, 7) is 0.742. The lowest BCUT2D eigenvalue weighted by Gasteiger charge is -2.30. The molecule has 0 bridgehead atoms. The molecule has 1 aromatic rings. The summed E-state index contributed by atoms with van der Waals surface area (Å²) < 4.78 is 13.6. The maximum absolute atomic E-state index is 13.0. The highest BCUT2D eigenvalue weighted by atomic mass is 127. The van der Waals surface area contributed by atoms with Gasteiger partial charge in [0.1, 0.15) is 5.82 Å². The quantitative estimate of drug-likeness (QED) is 0.761. The van der Waals surface area contributed by atoms with E-state index in [2.05, 4.69) is 5.32 Å². The number of carbonyl (C=O) groups excluding carboxylic acids is 1. The fraction of sp³-hybridized carbons (Fsp3) is 0.385. The topological polar surface area (TPSA) is 69.6 Å². The Bertz CT molecular complexity index is 538. The fourth-order valence-corrected chi connectivity index (χ4v) is 2.76. The lowest BCUT2D eigenvalue weighted by atomic mass is 9.99. The molecular formula is C13H14FIN2O3. The van der Waals surface area contributed by atoms with Crippen LogP contribution in [-0.2, 0) is 4.79 Å². The lowest BCUT2D eigenvalue weighted by Crippen LogP contribution is -2.44. The van der Waals surface area contributed by atoms with E-state index in [0.717, 1.165) is 0 Å². The Morgan fingerprint density at radius 3 is 2.85 bits per heavy atom. The minimum absolute atomic E-state index is 0.207. The minimum atomic E-state index is -0.876. The average molecular weight is 392 g/mol. The number of aliphatic carboxylic acids is 1. The van der Waals surface area contributed by atoms with Crippen LogP contribution in [0, 0.1) is 15.3 Å². The molecule has 0 saturated carbocycles. The molecule has 1 fully saturated rings. The van der Waals surface area contributed by atoms with Crippen LogP contribution >= 0.6 is 22.6 Å². The van der Waals surface area contributed by atoms with Gasteiger partial charge in [0.25, 0.3) is 0 Å². The van der Waals surface area contributed by atoms with E-state index in [0.29, 0.717) is 28.6 Å². The molecule has 0 unspecified atom stereocenters. The number of nitrogens with zero attached hydrogens (tertiary/aromatic N) is 1. The van der Waals surface area contributed by atoms with Crippen LogP contribution in [0.5, 0.6) is 0 Å². The van der Waals surface area contributed by atoms with Crippen molar-refractivity contribution >= 4 is 40.3 Å². The molecule has 0 radical (unpaired) electrons. The largest absolute Gasteiger partial charge is 0.481 e. The van der Waals surface area contributed by atoms with Gasteiger partial charge in [-0.05, 0) is 53.6 Å². The van der Waals surface area contributed by atoms with Gasteiger partial charge in [0.2, 0.25) is 0 Å². The summed E-state index contributed by atoms with van der Waals surface area (Å²) in [4.78, 5) is 24.6. The molecule has 2 amide bonds. The molecule has 20 heavy (non-hydrogen) atoms. The summed E-state index contributed by atoms with van der Waals surface area (Å²) in [5.74, 6) is -1.75. The number of urea groups is 1. The third-order valence-corrected chi connectivity index (χ3v) is 4.12. The molecule has 2 rings (SSSR count). The van der Waals surface area contributed by atoms with Crippen LogP contribution in [-0.4, -0.2) is 35.1 Å². The van der Waals surface area contributed by atoms with E-state index >= 15 is 0 Å². The molecule has 0 spiro atoms. The zero-order valence-electron chi connectivity index (χ0n) is 10.6. The maximum atomic E-state index is 13.0. The number of benzene rings is 1. The van der Waals surface area contributed by atoms with Gasteiger partial charge in [-0.15, -0.1) is 0 Å². The van der Waals surface area contributed by atoms with Gasteiger partial charge in [0.15, 0.2) is 0 Å². The second kappa shape index (κ2) is 6.38. The van der Waals surface area contributed by atoms with Gasteiger partial charge < -0.3 is 15.3 Å². The van der Waals surface area contributed by atoms with Gasteiger partial charge in [0, 0.05) is 16.7 Å². The first-order valence-corrected chi connectivity index (χ1v) is 7.29. The predicted octanol–water partition coefficient (Wildman–Crippen LogP) is 2.76. The minimum Gasteiger partial charge on any atom is -0.481 e. The Labute approximate surface area is 129 Å². The lowest BCUT2D eigenvalue weighted by molar-refractivity contribution is -0.143. The van der Waals surface area contributed by atoms with E-state index in [1.807, 2.05) is 22.6 Å². The number of anilines is 1. The Morgan fingerprint density at radius 2 is 2.20 bits per heavy atom. The summed E-state index contributed by atoms with van der Waals surface area (Å²) in [6, 6.07) is 3.74. The summed E-state index contributed by atoms with van der Waals surface area (Å²) in [7, 11) is 0. The predicted molar refractivity (Wildman–Crippen MR) is 80.1 cm³/mol. The van der Waals surface area contributed by atoms with E-state index in [-0.39, 0.29) is 18.4 Å². The van der Waals surface area contributed by atoms with Crippen molar-refractivity contribution in [1.82, 2.24) is 4.90 Å². The number of amides is 2. The Hall–Kier alpha value is -1.38. The second-order valence-corrected chi connectivity index (χ2v) is 5.84. The highest BCUT2D eigenvalue weighted by molar-refractivity contribution is 14.1. The van der Waals surface area contributed by atoms with Gasteiger partial charge >= 0.3 is 12.0 Å². The van der Waals surface area contributed by atoms with E-state index < -0.39 is 11.9 Å². The van der Waals surface area contributed by atoms with Gasteiger partial charge in [-0.3, -0.25) is 4.79 Å². The first-order chi connectivity index (χ1) is 9.47. The number of rotatable bonds is 2. The molecule has 108 valence electrons. The number of carboxylic acid groups (broad SMARTS) is 1. The molecule has 1 aromatic carbocycles. The molecule has 7 heteroatoms. The van der Waals surface area contributed by atoms with E-state index in [1.54, 1.807) is 0 Å². The molecule has 0 aliphatic carbocycles. The maximum Gasteiger partial charge on any atom is 0.321 e. The highest BCUT2D eigenvalue weighted by Crippen LogP contribution is 2.21. The van der Waals surface area contributed by atoms with Crippen LogP contribution in [0.15, 0.2) is 18.2 Å². The number of halogens is 2. The number of piperidine rings is 1. The normalized spacial score (nSPS) is 18.7. The molecule has 1 saturated heterocycles. The number of carboxylic acids is 1. The molecular weight excluding hydrogens is 378 g/mol. The molecule has 5 nitrogen and oxygen atoms in total. The number of carbonyl (C=O) groups is 2. The Balaban J connectivity index is 2.02. The van der Waals surface area contributed by atoms with E-state index in [1.165, 1.54) is 23.1 Å². The number of likely N-dealkylation sites (tertiary alicyclic amines) is 1. The van der Waals surface area contributed by atoms with Crippen molar-refractivity contribution in [2.24, 2.45) is 5.92 Å². The van der Waals surface area contributed by atoms with Gasteiger partial charge in [0.05, 0.1) is 11.6 Å². The van der Waals surface area contributed by atoms with Crippen molar-refractivity contribution in [2.75, 3.05) is 18.4 Å². The third kappa shape index (κ3) is 3.59. The Morgan fingerprint density at radius 1 is 1.45 bits per heavy atom. The SMILES string of the molecule is O=C(O)[C@@H]1CCCN(C(=O)Nc2ccc(F)cc2I)C1. The van der Waals surface area contributed by atoms with Crippen LogP contribution in [0.4, 0.5) is 14.9 Å². The van der Waals surface area contributed by atoms with Crippen molar-refractivity contribution < 1.29 is 19.1 Å². The summed E-state index contributed by atoms with van der Waals surface area (Å²) in [6.07, 6.45) is 1.26. The van der Waals surface area contributed by atoms with E-state index in [9.17, 15) is 14.0 Å². The van der Waals surface area contributed by atoms with Crippen LogP contribution in [0.3, 0.4) is 0 Å². The molecule has 1 aliphatic rings. The molecule has 1 atom stereocenters. The molecule has 2 N–H and O–H groups in total. The van der Waals surface area contributed by atoms with Crippen molar-refractivity contribution in [2.45, 2.75) is 12.8 Å². The first-order valence-electron chi connectivity index (χ1n) is 6.21. The van der Waals surface area contributed by atoms with E-state index in [4.69, 9.17) is 5.11 Å². The van der Waals surface area contributed by atoms with Crippen LogP contribution in [0.2, 0.25) is 0 Å². The molecule has 1 aliphatic heterocycles. The fourth-order valence-electron chi connectivity index (χ4n) is 2.15. The first kappa shape index (κ1) is 15.0. The van der Waals surface area contributed by atoms with Crippen LogP contribution in [0.1, 0.15) is 12.8 Å².